The molecule has 3 heterocycles. The molecule has 1 spiro atoms. The fourth-order valence-corrected chi connectivity index (χ4v) is 5.71. The quantitative estimate of drug-likeness (QED) is 0.789. The summed E-state index contributed by atoms with van der Waals surface area (Å²) in [6.07, 6.45) is 4.57. The van der Waals surface area contributed by atoms with Crippen LogP contribution in [0.5, 0.6) is 5.75 Å². The van der Waals surface area contributed by atoms with Gasteiger partial charge in [-0.2, -0.15) is 0 Å². The highest BCUT2D eigenvalue weighted by Crippen LogP contribution is 2.49. The number of methoxy groups -OCH3 is 1. The summed E-state index contributed by atoms with van der Waals surface area (Å²) in [7, 11) is 1.64. The van der Waals surface area contributed by atoms with Crippen LogP contribution < -0.4 is 15.1 Å². The first-order valence-corrected chi connectivity index (χ1v) is 11.2. The van der Waals surface area contributed by atoms with Gasteiger partial charge in [0.25, 0.3) is 0 Å². The molecular formula is C25H28N2O5. The second-order valence-electron chi connectivity index (χ2n) is 9.92. The van der Waals surface area contributed by atoms with Crippen molar-refractivity contribution in [1.82, 2.24) is 4.57 Å². The van der Waals surface area contributed by atoms with E-state index in [0.717, 1.165) is 54.2 Å². The highest BCUT2D eigenvalue weighted by atomic mass is 16.5. The van der Waals surface area contributed by atoms with Gasteiger partial charge in [-0.15, -0.1) is 0 Å². The standard InChI is InChI=1S/C25H28N2O5/c1-14(2)19-6-15-7-21(26-12-25(13-26)5-4-16(28)10-25)23(32-3)8-17(15)20-9-22(29)18(24(30)31)11-27(19)20/h7-9,11,14,19H,4-6,10,12-13H2,1-3H3,(H,30,31). The second-order valence-corrected chi connectivity index (χ2v) is 9.92. The zero-order chi connectivity index (χ0) is 22.8. The van der Waals surface area contributed by atoms with Crippen molar-refractivity contribution >= 4 is 17.4 Å². The summed E-state index contributed by atoms with van der Waals surface area (Å²) in [6.45, 7) is 5.94. The highest BCUT2D eigenvalue weighted by Gasteiger charge is 2.48. The van der Waals surface area contributed by atoms with E-state index in [2.05, 4.69) is 24.8 Å². The van der Waals surface area contributed by atoms with Crippen molar-refractivity contribution in [1.29, 1.82) is 0 Å². The van der Waals surface area contributed by atoms with Crippen LogP contribution in [-0.2, 0) is 11.2 Å². The maximum atomic E-state index is 12.5. The normalized spacial score (nSPS) is 20.8. The summed E-state index contributed by atoms with van der Waals surface area (Å²) in [4.78, 5) is 38.2. The van der Waals surface area contributed by atoms with Crippen molar-refractivity contribution in [3.8, 4) is 17.0 Å². The summed E-state index contributed by atoms with van der Waals surface area (Å²) >= 11 is 0. The second kappa shape index (κ2) is 7.22. The maximum absolute atomic E-state index is 12.5. The molecule has 2 aromatic rings. The van der Waals surface area contributed by atoms with Gasteiger partial charge in [-0.3, -0.25) is 9.59 Å². The zero-order valence-electron chi connectivity index (χ0n) is 18.7. The lowest BCUT2D eigenvalue weighted by atomic mass is 9.77. The molecule has 3 aliphatic rings. The molecule has 2 aliphatic heterocycles. The van der Waals surface area contributed by atoms with Crippen LogP contribution >= 0.6 is 0 Å². The van der Waals surface area contributed by atoms with Crippen LogP contribution in [-0.4, -0.2) is 41.6 Å². The summed E-state index contributed by atoms with van der Waals surface area (Å²) < 4.78 is 7.68. The summed E-state index contributed by atoms with van der Waals surface area (Å²) in [5.74, 6) is 0.147. The fourth-order valence-electron chi connectivity index (χ4n) is 5.71. The number of benzene rings is 1. The molecule has 5 rings (SSSR count). The SMILES string of the molecule is COc1cc2c(cc1N1CC3(CCC(=O)C3)C1)CC(C(C)C)n1cc(C(=O)O)c(=O)cc1-2. The van der Waals surface area contributed by atoms with Gasteiger partial charge in [0.1, 0.15) is 17.1 Å². The topological polar surface area (TPSA) is 88.8 Å². The number of carboxylic acids is 1. The van der Waals surface area contributed by atoms with Gasteiger partial charge < -0.3 is 19.3 Å². The number of anilines is 1. The van der Waals surface area contributed by atoms with Crippen LogP contribution in [0.3, 0.4) is 0 Å². The number of carbonyl (C=O) groups excluding carboxylic acids is 1. The molecule has 7 nitrogen and oxygen atoms in total. The minimum Gasteiger partial charge on any atom is -0.495 e. The molecule has 7 heteroatoms. The maximum Gasteiger partial charge on any atom is 0.341 e. The molecule has 1 aliphatic carbocycles. The molecular weight excluding hydrogens is 408 g/mol. The highest BCUT2D eigenvalue weighted by molar-refractivity contribution is 5.88. The summed E-state index contributed by atoms with van der Waals surface area (Å²) in [5, 5.41) is 9.44. The zero-order valence-corrected chi connectivity index (χ0v) is 18.7. The Morgan fingerprint density at radius 3 is 2.56 bits per heavy atom. The van der Waals surface area contributed by atoms with E-state index in [1.807, 2.05) is 10.6 Å². The van der Waals surface area contributed by atoms with Crippen LogP contribution in [0.1, 0.15) is 55.1 Å². The number of carbonyl (C=O) groups is 2. The third kappa shape index (κ3) is 3.14. The van der Waals surface area contributed by atoms with Gasteiger partial charge in [0.15, 0.2) is 5.43 Å². The number of hydrogen-bond donors (Lipinski definition) is 1. The first-order chi connectivity index (χ1) is 15.2. The van der Waals surface area contributed by atoms with Crippen LogP contribution in [0, 0.1) is 11.3 Å². The predicted octanol–water partition coefficient (Wildman–Crippen LogP) is 3.53. The number of rotatable bonds is 4. The van der Waals surface area contributed by atoms with Gasteiger partial charge in [0.05, 0.1) is 18.5 Å². The van der Waals surface area contributed by atoms with Crippen molar-refractivity contribution in [2.24, 2.45) is 11.3 Å². The number of Topliss-reactive ketones (excluding diaryl/α,β-unsaturated/α-hetero) is 1. The molecule has 1 aromatic carbocycles. The Morgan fingerprint density at radius 2 is 1.97 bits per heavy atom. The molecule has 168 valence electrons. The van der Waals surface area contributed by atoms with E-state index < -0.39 is 11.4 Å². The van der Waals surface area contributed by atoms with Crippen LogP contribution in [0.2, 0.25) is 0 Å². The van der Waals surface area contributed by atoms with Crippen molar-refractivity contribution in [3.63, 3.8) is 0 Å². The summed E-state index contributed by atoms with van der Waals surface area (Å²) in [6, 6.07) is 5.62. The molecule has 1 saturated carbocycles. The van der Waals surface area contributed by atoms with E-state index in [1.54, 1.807) is 7.11 Å². The molecule has 1 atom stereocenters. The molecule has 0 radical (unpaired) electrons. The number of ether oxygens (including phenoxy) is 1. The Bertz CT molecular complexity index is 1190. The number of pyridine rings is 1. The Hall–Kier alpha value is -3.09. The van der Waals surface area contributed by atoms with E-state index in [0.29, 0.717) is 18.6 Å². The van der Waals surface area contributed by atoms with E-state index in [1.165, 1.54) is 12.3 Å². The molecule has 2 fully saturated rings. The predicted molar refractivity (Wildman–Crippen MR) is 121 cm³/mol. The Kier molecular flexibility index (Phi) is 4.69. The van der Waals surface area contributed by atoms with Crippen LogP contribution in [0.15, 0.2) is 29.2 Å². The first kappa shape index (κ1) is 20.8. The molecule has 1 N–H and O–H groups in total. The van der Waals surface area contributed by atoms with Gasteiger partial charge in [0, 0.05) is 55.2 Å². The molecule has 1 saturated heterocycles. The van der Waals surface area contributed by atoms with Crippen molar-refractivity contribution < 1.29 is 19.4 Å². The van der Waals surface area contributed by atoms with Crippen LogP contribution in [0.4, 0.5) is 5.69 Å². The van der Waals surface area contributed by atoms with E-state index in [4.69, 9.17) is 4.74 Å². The number of nitrogens with zero attached hydrogens (tertiary/aromatic N) is 2. The minimum absolute atomic E-state index is 0.0487. The summed E-state index contributed by atoms with van der Waals surface area (Å²) in [5.41, 5.74) is 3.21. The number of aromatic nitrogens is 1. The van der Waals surface area contributed by atoms with E-state index in [9.17, 15) is 19.5 Å². The molecule has 1 unspecified atom stereocenters. The number of hydrogen-bond acceptors (Lipinski definition) is 5. The third-order valence-electron chi connectivity index (χ3n) is 7.45. The van der Waals surface area contributed by atoms with Gasteiger partial charge in [-0.25, -0.2) is 4.79 Å². The lowest BCUT2D eigenvalue weighted by molar-refractivity contribution is -0.118. The lowest BCUT2D eigenvalue weighted by Gasteiger charge is -2.49. The number of fused-ring (bicyclic) bond motifs is 3. The molecule has 32 heavy (non-hydrogen) atoms. The van der Waals surface area contributed by atoms with Gasteiger partial charge in [-0.1, -0.05) is 13.8 Å². The van der Waals surface area contributed by atoms with Crippen molar-refractivity contribution in [2.45, 2.75) is 45.6 Å². The Morgan fingerprint density at radius 1 is 1.22 bits per heavy atom. The third-order valence-corrected chi connectivity index (χ3v) is 7.45. The molecule has 0 amide bonds. The molecule has 0 bridgehead atoms. The average Bonchev–Trinajstić information content (AvgIpc) is 3.12. The fraction of sp³-hybridized carbons (Fsp3) is 0.480. The number of aromatic carboxylic acids is 1. The van der Waals surface area contributed by atoms with E-state index in [-0.39, 0.29) is 22.9 Å². The van der Waals surface area contributed by atoms with Gasteiger partial charge in [-0.05, 0) is 36.5 Å². The Labute approximate surface area is 186 Å². The minimum atomic E-state index is -1.20. The van der Waals surface area contributed by atoms with Gasteiger partial charge >= 0.3 is 5.97 Å². The van der Waals surface area contributed by atoms with Crippen LogP contribution in [0.25, 0.3) is 11.3 Å². The Balaban J connectivity index is 1.58. The smallest absolute Gasteiger partial charge is 0.341 e. The largest absolute Gasteiger partial charge is 0.495 e. The van der Waals surface area contributed by atoms with Gasteiger partial charge in [0.2, 0.25) is 0 Å². The lowest BCUT2D eigenvalue weighted by Crippen LogP contribution is -2.55. The molecule has 1 aromatic heterocycles. The number of ketones is 1. The van der Waals surface area contributed by atoms with Crippen molar-refractivity contribution in [3.05, 3.63) is 45.7 Å². The van der Waals surface area contributed by atoms with Crippen molar-refractivity contribution in [2.75, 3.05) is 25.1 Å². The monoisotopic (exact) mass is 436 g/mol. The number of carboxylic acid groups (broad SMARTS) is 1. The first-order valence-electron chi connectivity index (χ1n) is 11.2. The van der Waals surface area contributed by atoms with E-state index >= 15 is 0 Å². The average molecular weight is 437 g/mol.